The Labute approximate surface area is 90.3 Å². The lowest BCUT2D eigenvalue weighted by Crippen LogP contribution is -2.38. The molecule has 0 fully saturated rings. The molecule has 0 bridgehead atoms. The Hall–Kier alpha value is -0.920. The molecule has 1 aliphatic carbocycles. The lowest BCUT2D eigenvalue weighted by molar-refractivity contribution is 0.520. The van der Waals surface area contributed by atoms with E-state index in [1.54, 1.807) is 0 Å². The second kappa shape index (κ2) is 4.30. The summed E-state index contributed by atoms with van der Waals surface area (Å²) < 4.78 is 46.2. The molecule has 0 radical (unpaired) electrons. The van der Waals surface area contributed by atoms with E-state index >= 15 is 0 Å². The molecule has 0 aromatic heterocycles. The minimum absolute atomic E-state index is 0.133. The first-order valence-electron chi connectivity index (χ1n) is 4.09. The van der Waals surface area contributed by atoms with Crippen molar-refractivity contribution < 1.29 is 16.8 Å². The maximum Gasteiger partial charge on any atom is 0.225 e. The van der Waals surface area contributed by atoms with Crippen LogP contribution in [0.4, 0.5) is 0 Å². The molecule has 7 heteroatoms. The molecule has 1 rings (SSSR count). The van der Waals surface area contributed by atoms with Crippen molar-refractivity contribution >= 4 is 25.2 Å². The summed E-state index contributed by atoms with van der Waals surface area (Å²) in [7, 11) is -3.42. The molecule has 0 aromatic carbocycles. The molecule has 0 amide bonds. The van der Waals surface area contributed by atoms with Crippen LogP contribution in [0.3, 0.4) is 0 Å². The summed E-state index contributed by atoms with van der Waals surface area (Å²) in [6, 6.07) is 0. The molecular weight excluding hydrogens is 238 g/mol. The van der Waals surface area contributed by atoms with Crippen molar-refractivity contribution in [3.8, 4) is 0 Å². The Morgan fingerprint density at radius 1 is 1.27 bits per heavy atom. The molecule has 0 spiro atoms. The topological polar surface area (TPSA) is 71.5 Å². The van der Waals surface area contributed by atoms with E-state index in [0.29, 0.717) is 0 Å². The highest BCUT2D eigenvalue weighted by atomic mass is 32.2. The van der Waals surface area contributed by atoms with Gasteiger partial charge in [0.1, 0.15) is 5.25 Å². The van der Waals surface area contributed by atoms with Crippen molar-refractivity contribution in [3.05, 3.63) is 24.3 Å². The van der Waals surface area contributed by atoms with Crippen LogP contribution >= 0.6 is 0 Å². The minimum Gasteiger partial charge on any atom is -0.211 e. The predicted molar refractivity (Wildman–Crippen MR) is 58.6 cm³/mol. The number of sulfonamides is 1. The van der Waals surface area contributed by atoms with E-state index < -0.39 is 25.6 Å². The highest BCUT2D eigenvalue weighted by molar-refractivity contribution is 7.92. The molecule has 1 atom stereocenters. The van der Waals surface area contributed by atoms with Crippen LogP contribution < -0.4 is 0 Å². The SMILES string of the molecule is CN(C)S(=O)(=O)C1C=CC=CC1=S(=O)=O. The Morgan fingerprint density at radius 2 is 1.87 bits per heavy atom. The third-order valence-electron chi connectivity index (χ3n) is 1.96. The molecule has 0 aliphatic heterocycles. The zero-order valence-corrected chi connectivity index (χ0v) is 9.92. The van der Waals surface area contributed by atoms with E-state index in [1.807, 2.05) is 0 Å². The average Bonchev–Trinajstić information content (AvgIpc) is 2.17. The molecule has 15 heavy (non-hydrogen) atoms. The Kier molecular flexibility index (Phi) is 3.48. The molecule has 5 nitrogen and oxygen atoms in total. The Morgan fingerprint density at radius 3 is 2.33 bits per heavy atom. The largest absolute Gasteiger partial charge is 0.225 e. The van der Waals surface area contributed by atoms with Gasteiger partial charge in [-0.1, -0.05) is 18.2 Å². The molecule has 84 valence electrons. The third kappa shape index (κ3) is 2.36. The van der Waals surface area contributed by atoms with E-state index in [0.717, 1.165) is 4.31 Å². The van der Waals surface area contributed by atoms with Crippen molar-refractivity contribution in [2.45, 2.75) is 5.25 Å². The van der Waals surface area contributed by atoms with E-state index in [9.17, 15) is 16.8 Å². The number of nitrogens with zero attached hydrogens (tertiary/aromatic N) is 1. The van der Waals surface area contributed by atoms with Crippen LogP contribution in [0, 0.1) is 0 Å². The summed E-state index contributed by atoms with van der Waals surface area (Å²) in [5.41, 5.74) is 0. The van der Waals surface area contributed by atoms with Crippen LogP contribution in [0.5, 0.6) is 0 Å². The van der Waals surface area contributed by atoms with Gasteiger partial charge in [0.25, 0.3) is 0 Å². The Balaban J connectivity index is 3.35. The second-order valence-corrected chi connectivity index (χ2v) is 6.34. The van der Waals surface area contributed by atoms with Crippen molar-refractivity contribution in [1.29, 1.82) is 0 Å². The second-order valence-electron chi connectivity index (χ2n) is 3.13. The van der Waals surface area contributed by atoms with Crippen molar-refractivity contribution in [2.75, 3.05) is 14.1 Å². The van der Waals surface area contributed by atoms with Crippen molar-refractivity contribution in [2.24, 2.45) is 0 Å². The highest BCUT2D eigenvalue weighted by Gasteiger charge is 2.30. The van der Waals surface area contributed by atoms with Crippen LogP contribution in [-0.2, 0) is 20.3 Å². The maximum atomic E-state index is 11.7. The summed E-state index contributed by atoms with van der Waals surface area (Å²) in [5, 5.41) is -1.11. The van der Waals surface area contributed by atoms with Crippen molar-refractivity contribution in [1.82, 2.24) is 4.31 Å². The van der Waals surface area contributed by atoms with E-state index in [4.69, 9.17) is 0 Å². The Bertz CT molecular complexity index is 529. The third-order valence-corrected chi connectivity index (χ3v) is 4.96. The molecule has 1 unspecified atom stereocenters. The zero-order chi connectivity index (χ0) is 11.6. The molecule has 1 aliphatic rings. The van der Waals surface area contributed by atoms with Gasteiger partial charge < -0.3 is 0 Å². The van der Waals surface area contributed by atoms with E-state index in [1.165, 1.54) is 38.4 Å². The van der Waals surface area contributed by atoms with Crippen LogP contribution in [0.2, 0.25) is 0 Å². The van der Waals surface area contributed by atoms with E-state index in [-0.39, 0.29) is 4.86 Å². The van der Waals surface area contributed by atoms with Gasteiger partial charge in [0.05, 0.1) is 4.86 Å². The summed E-state index contributed by atoms with van der Waals surface area (Å²) in [6.45, 7) is 0. The van der Waals surface area contributed by atoms with Gasteiger partial charge in [0, 0.05) is 14.1 Å². The number of hydrogen-bond donors (Lipinski definition) is 0. The summed E-state index contributed by atoms with van der Waals surface area (Å²) in [6.07, 6.45) is 5.64. The van der Waals surface area contributed by atoms with Gasteiger partial charge in [-0.2, -0.15) is 8.42 Å². The van der Waals surface area contributed by atoms with Crippen LogP contribution in [-0.4, -0.2) is 45.4 Å². The number of rotatable bonds is 2. The van der Waals surface area contributed by atoms with Crippen LogP contribution in [0.15, 0.2) is 24.3 Å². The number of allylic oxidation sites excluding steroid dienone is 3. The smallest absolute Gasteiger partial charge is 0.211 e. The van der Waals surface area contributed by atoms with Gasteiger partial charge in [-0.05, 0) is 6.08 Å². The molecule has 0 saturated heterocycles. The molecule has 0 N–H and O–H groups in total. The summed E-state index contributed by atoms with van der Waals surface area (Å²) >= 11 is 0. The van der Waals surface area contributed by atoms with Crippen LogP contribution in [0.25, 0.3) is 0 Å². The van der Waals surface area contributed by atoms with Gasteiger partial charge in [0.15, 0.2) is 0 Å². The van der Waals surface area contributed by atoms with Gasteiger partial charge in [-0.3, -0.25) is 0 Å². The van der Waals surface area contributed by atoms with Gasteiger partial charge in [-0.25, -0.2) is 12.7 Å². The fraction of sp³-hybridized carbons (Fsp3) is 0.375. The predicted octanol–water partition coefficient (Wildman–Crippen LogP) is -0.576. The van der Waals surface area contributed by atoms with Gasteiger partial charge in [-0.15, -0.1) is 0 Å². The maximum absolute atomic E-state index is 11.7. The standard InChI is InChI=1S/C8H11NO4S2/c1-9(2)15(12,13)8-6-4-3-5-7(8)14(10)11/h3-6,8H,1-2H3. The molecule has 0 aromatic rings. The first-order valence-corrected chi connectivity index (χ1v) is 6.67. The van der Waals surface area contributed by atoms with E-state index in [2.05, 4.69) is 0 Å². The molecular formula is C8H11NO4S2. The monoisotopic (exact) mass is 249 g/mol. The average molecular weight is 249 g/mol. The first-order chi connectivity index (χ1) is 6.87. The van der Waals surface area contributed by atoms with Gasteiger partial charge >= 0.3 is 0 Å². The summed E-state index contributed by atoms with van der Waals surface area (Å²) in [5.74, 6) is 0. The zero-order valence-electron chi connectivity index (χ0n) is 8.28. The van der Waals surface area contributed by atoms with Crippen molar-refractivity contribution in [3.63, 3.8) is 0 Å². The quantitative estimate of drug-likeness (QED) is 0.614. The highest BCUT2D eigenvalue weighted by Crippen LogP contribution is 2.13. The number of hydrogen-bond acceptors (Lipinski definition) is 4. The molecule has 0 saturated carbocycles. The summed E-state index contributed by atoms with van der Waals surface area (Å²) in [4.78, 5) is -0.133. The fourth-order valence-electron chi connectivity index (χ4n) is 1.13. The normalized spacial score (nSPS) is 21.0. The lowest BCUT2D eigenvalue weighted by Gasteiger charge is -2.19. The molecule has 0 heterocycles. The van der Waals surface area contributed by atoms with Crippen LogP contribution in [0.1, 0.15) is 0 Å². The lowest BCUT2D eigenvalue weighted by atomic mass is 10.2. The first kappa shape index (κ1) is 12.2. The van der Waals surface area contributed by atoms with Gasteiger partial charge in [0.2, 0.25) is 20.3 Å². The fourth-order valence-corrected chi connectivity index (χ4v) is 3.30. The minimum atomic E-state index is -3.63.